The van der Waals surface area contributed by atoms with E-state index in [1.807, 2.05) is 36.6 Å². The molecule has 0 saturated carbocycles. The second kappa shape index (κ2) is 10.6. The van der Waals surface area contributed by atoms with E-state index < -0.39 is 12.0 Å². The highest BCUT2D eigenvalue weighted by atomic mass is 32.2. The fraction of sp³-hybridized carbons (Fsp3) is 0.500. The largest absolute Gasteiger partial charge is 0.481 e. The Morgan fingerprint density at radius 3 is 2.55 bits per heavy atom. The molecular weight excluding hydrogens is 318 g/mol. The molecule has 122 valence electrons. The van der Waals surface area contributed by atoms with Crippen molar-refractivity contribution in [3.05, 3.63) is 35.9 Å². The lowest BCUT2D eigenvalue weighted by atomic mass is 10.0. The highest BCUT2D eigenvalue weighted by Gasteiger charge is 2.22. The number of carbonyl (C=O) groups is 2. The summed E-state index contributed by atoms with van der Waals surface area (Å²) in [5.74, 6) is 0.167. The van der Waals surface area contributed by atoms with Crippen LogP contribution in [0.1, 0.15) is 18.4 Å². The Morgan fingerprint density at radius 2 is 2.00 bits per heavy atom. The Hall–Kier alpha value is -1.14. The number of rotatable bonds is 10. The van der Waals surface area contributed by atoms with Crippen LogP contribution < -0.4 is 5.32 Å². The fourth-order valence-electron chi connectivity index (χ4n) is 2.17. The predicted octanol–water partition coefficient (Wildman–Crippen LogP) is 2.49. The van der Waals surface area contributed by atoms with Crippen LogP contribution in [-0.4, -0.2) is 40.8 Å². The summed E-state index contributed by atoms with van der Waals surface area (Å²) >= 11 is 5.92. The van der Waals surface area contributed by atoms with Crippen molar-refractivity contribution in [3.8, 4) is 0 Å². The van der Waals surface area contributed by atoms with Crippen molar-refractivity contribution in [2.45, 2.75) is 25.3 Å². The third-order valence-electron chi connectivity index (χ3n) is 3.35. The topological polar surface area (TPSA) is 66.4 Å². The number of thioether (sulfide) groups is 1. The molecule has 0 aromatic heterocycles. The average molecular weight is 341 g/mol. The number of hydrogen-bond acceptors (Lipinski definition) is 4. The molecule has 0 fully saturated rings. The first-order valence-corrected chi connectivity index (χ1v) is 9.25. The lowest BCUT2D eigenvalue weighted by molar-refractivity contribution is -0.137. The van der Waals surface area contributed by atoms with Crippen LogP contribution >= 0.6 is 24.4 Å². The Morgan fingerprint density at radius 1 is 1.32 bits per heavy atom. The maximum absolute atomic E-state index is 12.3. The first-order chi connectivity index (χ1) is 10.6. The summed E-state index contributed by atoms with van der Waals surface area (Å²) < 4.78 is 0. The molecule has 2 N–H and O–H groups in total. The van der Waals surface area contributed by atoms with Crippen molar-refractivity contribution < 1.29 is 14.7 Å². The number of carboxylic acid groups (broad SMARTS) is 1. The van der Waals surface area contributed by atoms with E-state index in [-0.39, 0.29) is 18.2 Å². The summed E-state index contributed by atoms with van der Waals surface area (Å²) in [6, 6.07) is 9.20. The van der Waals surface area contributed by atoms with E-state index in [1.165, 1.54) is 0 Å². The summed E-state index contributed by atoms with van der Waals surface area (Å²) in [5, 5.41) is 11.9. The molecule has 2 unspecified atom stereocenters. The summed E-state index contributed by atoms with van der Waals surface area (Å²) in [6.45, 7) is 0. The molecule has 1 aromatic rings. The van der Waals surface area contributed by atoms with Crippen molar-refractivity contribution in [2.75, 3.05) is 17.8 Å². The van der Waals surface area contributed by atoms with Crippen molar-refractivity contribution in [1.29, 1.82) is 0 Å². The summed E-state index contributed by atoms with van der Waals surface area (Å²) in [7, 11) is 0. The van der Waals surface area contributed by atoms with Gasteiger partial charge in [-0.3, -0.25) is 9.59 Å². The van der Waals surface area contributed by atoms with E-state index >= 15 is 0 Å². The minimum Gasteiger partial charge on any atom is -0.481 e. The Balaban J connectivity index is 2.67. The molecule has 1 amide bonds. The van der Waals surface area contributed by atoms with Gasteiger partial charge in [0.1, 0.15) is 0 Å². The van der Waals surface area contributed by atoms with Gasteiger partial charge < -0.3 is 10.4 Å². The average Bonchev–Trinajstić information content (AvgIpc) is 2.48. The van der Waals surface area contributed by atoms with Gasteiger partial charge in [0.05, 0.1) is 6.42 Å². The van der Waals surface area contributed by atoms with Crippen molar-refractivity contribution in [2.24, 2.45) is 5.92 Å². The summed E-state index contributed by atoms with van der Waals surface area (Å²) in [4.78, 5) is 23.3. The quantitative estimate of drug-likeness (QED) is 0.572. The molecule has 0 bridgehead atoms. The number of benzene rings is 1. The van der Waals surface area contributed by atoms with Crippen molar-refractivity contribution in [3.63, 3.8) is 0 Å². The molecule has 0 spiro atoms. The van der Waals surface area contributed by atoms with E-state index in [0.29, 0.717) is 12.2 Å². The molecule has 0 radical (unpaired) electrons. The van der Waals surface area contributed by atoms with Gasteiger partial charge in [-0.05, 0) is 30.4 Å². The molecule has 0 saturated heterocycles. The smallest absolute Gasteiger partial charge is 0.305 e. The van der Waals surface area contributed by atoms with Gasteiger partial charge in [0.25, 0.3) is 0 Å². The van der Waals surface area contributed by atoms with Gasteiger partial charge in [-0.2, -0.15) is 24.4 Å². The number of amides is 1. The zero-order chi connectivity index (χ0) is 16.4. The zero-order valence-electron chi connectivity index (χ0n) is 12.7. The Kier molecular flexibility index (Phi) is 9.08. The van der Waals surface area contributed by atoms with Gasteiger partial charge in [-0.25, -0.2) is 0 Å². The van der Waals surface area contributed by atoms with Crippen LogP contribution in [0.2, 0.25) is 0 Å². The Bertz CT molecular complexity index is 468. The molecule has 0 aliphatic heterocycles. The van der Waals surface area contributed by atoms with Gasteiger partial charge in [0, 0.05) is 17.7 Å². The van der Waals surface area contributed by atoms with Crippen LogP contribution in [-0.2, 0) is 16.0 Å². The second-order valence-corrected chi connectivity index (χ2v) is 6.50. The minimum atomic E-state index is -0.909. The molecule has 0 aliphatic rings. The van der Waals surface area contributed by atoms with E-state index in [4.69, 9.17) is 5.11 Å². The maximum atomic E-state index is 12.3. The third kappa shape index (κ3) is 7.22. The van der Waals surface area contributed by atoms with Crippen molar-refractivity contribution in [1.82, 2.24) is 5.32 Å². The minimum absolute atomic E-state index is 0.0809. The normalized spacial score (nSPS) is 13.4. The number of thiol groups is 1. The van der Waals surface area contributed by atoms with Gasteiger partial charge in [-0.15, -0.1) is 0 Å². The van der Waals surface area contributed by atoms with Crippen LogP contribution in [0.5, 0.6) is 0 Å². The fourth-order valence-corrected chi connectivity index (χ4v) is 3.04. The number of hydrogen-bond donors (Lipinski definition) is 3. The molecule has 1 rings (SSSR count). The van der Waals surface area contributed by atoms with Gasteiger partial charge in [0.2, 0.25) is 5.91 Å². The number of carboxylic acids is 1. The van der Waals surface area contributed by atoms with Crippen molar-refractivity contribution >= 4 is 36.3 Å². The monoisotopic (exact) mass is 341 g/mol. The second-order valence-electron chi connectivity index (χ2n) is 5.15. The molecule has 2 atom stereocenters. The number of aliphatic carboxylic acids is 1. The standard InChI is InChI=1S/C16H23NO3S2/c1-22-8-7-13(11-21)16(20)17-14(10-15(18)19)9-12-5-3-2-4-6-12/h2-6,13-14,21H,7-11H2,1H3,(H,17,20)(H,18,19). The van der Waals surface area contributed by atoms with Crippen LogP contribution in [0.25, 0.3) is 0 Å². The van der Waals surface area contributed by atoms with Crippen LogP contribution in [0.3, 0.4) is 0 Å². The lowest BCUT2D eigenvalue weighted by Crippen LogP contribution is -2.42. The molecule has 1 aromatic carbocycles. The van der Waals surface area contributed by atoms with E-state index in [1.54, 1.807) is 11.8 Å². The number of carbonyl (C=O) groups excluding carboxylic acids is 1. The maximum Gasteiger partial charge on any atom is 0.305 e. The van der Waals surface area contributed by atoms with Gasteiger partial charge in [0.15, 0.2) is 0 Å². The van der Waals surface area contributed by atoms with Crippen LogP contribution in [0.15, 0.2) is 30.3 Å². The Labute approximate surface area is 141 Å². The van der Waals surface area contributed by atoms with E-state index in [0.717, 1.165) is 17.7 Å². The third-order valence-corrected chi connectivity index (χ3v) is 4.44. The summed E-state index contributed by atoms with van der Waals surface area (Å²) in [5.41, 5.74) is 1.01. The SMILES string of the molecule is CSCCC(CS)C(=O)NC(CC(=O)O)Cc1ccccc1. The first kappa shape index (κ1) is 18.9. The van der Waals surface area contributed by atoms with E-state index in [2.05, 4.69) is 17.9 Å². The molecule has 6 heteroatoms. The van der Waals surface area contributed by atoms with Gasteiger partial charge in [-0.1, -0.05) is 30.3 Å². The van der Waals surface area contributed by atoms with Crippen LogP contribution in [0, 0.1) is 5.92 Å². The summed E-state index contributed by atoms with van der Waals surface area (Å²) in [6.07, 6.45) is 3.18. The lowest BCUT2D eigenvalue weighted by Gasteiger charge is -2.21. The first-order valence-electron chi connectivity index (χ1n) is 7.22. The number of nitrogens with one attached hydrogen (secondary N) is 1. The van der Waals surface area contributed by atoms with Gasteiger partial charge >= 0.3 is 5.97 Å². The zero-order valence-corrected chi connectivity index (χ0v) is 14.4. The highest BCUT2D eigenvalue weighted by Crippen LogP contribution is 2.12. The van der Waals surface area contributed by atoms with Crippen LogP contribution in [0.4, 0.5) is 0 Å². The molecule has 0 heterocycles. The molecule has 4 nitrogen and oxygen atoms in total. The van der Waals surface area contributed by atoms with E-state index in [9.17, 15) is 9.59 Å². The molecule has 0 aliphatic carbocycles. The highest BCUT2D eigenvalue weighted by molar-refractivity contribution is 7.98. The molecular formula is C16H23NO3S2. The predicted molar refractivity (Wildman–Crippen MR) is 94.7 cm³/mol. The molecule has 22 heavy (non-hydrogen) atoms.